The first-order valence-corrected chi connectivity index (χ1v) is 5.23. The van der Waals surface area contributed by atoms with Gasteiger partial charge in [0.05, 0.1) is 18.1 Å². The molecule has 0 radical (unpaired) electrons. The number of carboxylic acids is 1. The van der Waals surface area contributed by atoms with Gasteiger partial charge in [0.2, 0.25) is 0 Å². The fraction of sp³-hybridized carbons (Fsp3) is 0.750. The summed E-state index contributed by atoms with van der Waals surface area (Å²) in [7, 11) is 0. The number of allylic oxidation sites excluding steroid dienone is 1. The summed E-state index contributed by atoms with van der Waals surface area (Å²) >= 11 is 0. The number of hydrogen-bond donors (Lipinski definition) is 1. The molecule has 1 aliphatic carbocycles. The van der Waals surface area contributed by atoms with E-state index in [1.54, 1.807) is 0 Å². The van der Waals surface area contributed by atoms with Crippen molar-refractivity contribution in [3.63, 3.8) is 0 Å². The summed E-state index contributed by atoms with van der Waals surface area (Å²) in [6.45, 7) is 10.2. The molecule has 0 aromatic carbocycles. The molecule has 1 aliphatic rings. The Morgan fingerprint density at radius 2 is 1.93 bits per heavy atom. The van der Waals surface area contributed by atoms with Crippen molar-refractivity contribution < 1.29 is 14.6 Å². The lowest BCUT2D eigenvalue weighted by Gasteiger charge is -2.14. The van der Waals surface area contributed by atoms with Gasteiger partial charge in [-0.15, -0.1) is 0 Å². The maximum Gasteiger partial charge on any atom is 0.310 e. The van der Waals surface area contributed by atoms with Gasteiger partial charge in [-0.05, 0) is 20.8 Å². The summed E-state index contributed by atoms with van der Waals surface area (Å²) in [6, 6.07) is 0. The Balaban J connectivity index is 2.63. The molecule has 0 heterocycles. The van der Waals surface area contributed by atoms with Gasteiger partial charge in [0, 0.05) is 5.41 Å². The predicted octanol–water partition coefficient (Wildman–Crippen LogP) is 2.47. The average Bonchev–Trinajstić information content (AvgIpc) is 2.44. The molecule has 15 heavy (non-hydrogen) atoms. The molecule has 0 aromatic heterocycles. The number of rotatable bonds is 4. The minimum Gasteiger partial charge on any atom is -0.481 e. The smallest absolute Gasteiger partial charge is 0.310 e. The molecular weight excluding hydrogens is 192 g/mol. The Morgan fingerprint density at radius 3 is 2.27 bits per heavy atom. The van der Waals surface area contributed by atoms with Crippen molar-refractivity contribution in [2.24, 2.45) is 11.3 Å². The first kappa shape index (κ1) is 12.2. The van der Waals surface area contributed by atoms with E-state index in [-0.39, 0.29) is 5.41 Å². The lowest BCUT2D eigenvalue weighted by atomic mass is 10.1. The number of carbonyl (C=O) groups is 1. The van der Waals surface area contributed by atoms with E-state index in [1.165, 1.54) is 5.57 Å². The molecule has 3 heteroatoms. The second-order valence-electron chi connectivity index (χ2n) is 5.19. The third kappa shape index (κ3) is 1.93. The summed E-state index contributed by atoms with van der Waals surface area (Å²) in [6.07, 6.45) is 1.97. The predicted molar refractivity (Wildman–Crippen MR) is 58.7 cm³/mol. The van der Waals surface area contributed by atoms with Crippen LogP contribution < -0.4 is 0 Å². The highest BCUT2D eigenvalue weighted by Crippen LogP contribution is 2.63. The van der Waals surface area contributed by atoms with Gasteiger partial charge in [-0.2, -0.15) is 0 Å². The normalized spacial score (nSPS) is 32.2. The van der Waals surface area contributed by atoms with Gasteiger partial charge in [-0.25, -0.2) is 0 Å². The number of hydrogen-bond acceptors (Lipinski definition) is 2. The average molecular weight is 212 g/mol. The van der Waals surface area contributed by atoms with Crippen LogP contribution >= 0.6 is 0 Å². The second kappa shape index (κ2) is 3.63. The summed E-state index contributed by atoms with van der Waals surface area (Å²) in [5.74, 6) is -1.16. The van der Waals surface area contributed by atoms with E-state index in [9.17, 15) is 4.79 Å². The van der Waals surface area contributed by atoms with Crippen LogP contribution in [-0.2, 0) is 9.53 Å². The van der Waals surface area contributed by atoms with Crippen molar-refractivity contribution >= 4 is 5.97 Å². The van der Waals surface area contributed by atoms with Crippen LogP contribution in [0.4, 0.5) is 0 Å². The molecule has 86 valence electrons. The van der Waals surface area contributed by atoms with Crippen LogP contribution in [0.15, 0.2) is 11.6 Å². The Morgan fingerprint density at radius 1 is 1.40 bits per heavy atom. The van der Waals surface area contributed by atoms with Gasteiger partial charge in [0.15, 0.2) is 0 Å². The van der Waals surface area contributed by atoms with Crippen LogP contribution in [-0.4, -0.2) is 23.3 Å². The highest BCUT2D eigenvalue weighted by molar-refractivity contribution is 5.77. The lowest BCUT2D eigenvalue weighted by molar-refractivity contribution is -0.140. The van der Waals surface area contributed by atoms with Crippen molar-refractivity contribution in [1.82, 2.24) is 0 Å². The molecule has 0 amide bonds. The zero-order valence-electron chi connectivity index (χ0n) is 10.1. The molecule has 1 rings (SSSR count). The second-order valence-corrected chi connectivity index (χ2v) is 5.19. The summed E-state index contributed by atoms with van der Waals surface area (Å²) < 4.78 is 5.68. The summed E-state index contributed by atoms with van der Waals surface area (Å²) in [5, 5.41) is 9.04. The molecule has 0 aliphatic heterocycles. The SMILES string of the molecule is CC(C)=CCOC1(C)C(C(=O)O)C1(C)C. The standard InChI is InChI=1S/C12H20O3/c1-8(2)6-7-15-12(5)9(10(13)14)11(12,3)4/h6,9H,7H2,1-5H3,(H,13,14). The summed E-state index contributed by atoms with van der Waals surface area (Å²) in [4.78, 5) is 11.0. The van der Waals surface area contributed by atoms with Crippen LogP contribution in [0.25, 0.3) is 0 Å². The topological polar surface area (TPSA) is 46.5 Å². The first-order chi connectivity index (χ1) is 6.73. The Labute approximate surface area is 91.1 Å². The third-order valence-corrected chi connectivity index (χ3v) is 3.59. The zero-order chi connectivity index (χ0) is 11.9. The van der Waals surface area contributed by atoms with Crippen LogP contribution in [0.2, 0.25) is 0 Å². The Bertz CT molecular complexity index is 300. The lowest BCUT2D eigenvalue weighted by Crippen LogP contribution is -2.19. The van der Waals surface area contributed by atoms with Gasteiger partial charge >= 0.3 is 5.97 Å². The van der Waals surface area contributed by atoms with Gasteiger partial charge in [-0.1, -0.05) is 25.5 Å². The third-order valence-electron chi connectivity index (χ3n) is 3.59. The van der Waals surface area contributed by atoms with Crippen molar-refractivity contribution in [2.75, 3.05) is 6.61 Å². The van der Waals surface area contributed by atoms with Crippen LogP contribution in [0.5, 0.6) is 0 Å². The fourth-order valence-corrected chi connectivity index (χ4v) is 2.14. The zero-order valence-corrected chi connectivity index (χ0v) is 10.1. The maximum atomic E-state index is 11.0. The minimum atomic E-state index is -0.764. The van der Waals surface area contributed by atoms with E-state index in [4.69, 9.17) is 9.84 Å². The van der Waals surface area contributed by atoms with Crippen molar-refractivity contribution in [1.29, 1.82) is 0 Å². The highest BCUT2D eigenvalue weighted by atomic mass is 16.5. The monoisotopic (exact) mass is 212 g/mol. The quantitative estimate of drug-likeness (QED) is 0.728. The van der Waals surface area contributed by atoms with Crippen molar-refractivity contribution in [3.05, 3.63) is 11.6 Å². The molecule has 1 N–H and O–H groups in total. The van der Waals surface area contributed by atoms with E-state index >= 15 is 0 Å². The molecule has 0 spiro atoms. The molecular formula is C12H20O3. The summed E-state index contributed by atoms with van der Waals surface area (Å²) in [5.41, 5.74) is 0.392. The maximum absolute atomic E-state index is 11.0. The Hall–Kier alpha value is -0.830. The highest BCUT2D eigenvalue weighted by Gasteiger charge is 2.73. The van der Waals surface area contributed by atoms with Gasteiger partial charge in [0.25, 0.3) is 0 Å². The molecule has 0 saturated heterocycles. The Kier molecular flexibility index (Phi) is 2.97. The van der Waals surface area contributed by atoms with Crippen molar-refractivity contribution in [2.45, 2.75) is 40.2 Å². The van der Waals surface area contributed by atoms with Crippen LogP contribution in [0.1, 0.15) is 34.6 Å². The largest absolute Gasteiger partial charge is 0.481 e. The molecule has 2 atom stereocenters. The molecule has 0 aromatic rings. The van der Waals surface area contributed by atoms with E-state index in [0.717, 1.165) is 0 Å². The van der Waals surface area contributed by atoms with Crippen LogP contribution in [0, 0.1) is 11.3 Å². The van der Waals surface area contributed by atoms with Gasteiger partial charge < -0.3 is 9.84 Å². The number of aliphatic carboxylic acids is 1. The molecule has 1 fully saturated rings. The number of ether oxygens (including phenoxy) is 1. The van der Waals surface area contributed by atoms with E-state index < -0.39 is 17.5 Å². The fourth-order valence-electron chi connectivity index (χ4n) is 2.14. The van der Waals surface area contributed by atoms with E-state index in [1.807, 2.05) is 40.7 Å². The first-order valence-electron chi connectivity index (χ1n) is 5.23. The minimum absolute atomic E-state index is 0.270. The number of carboxylic acid groups (broad SMARTS) is 1. The van der Waals surface area contributed by atoms with Gasteiger partial charge in [-0.3, -0.25) is 4.79 Å². The molecule has 3 nitrogen and oxygen atoms in total. The van der Waals surface area contributed by atoms with Gasteiger partial charge in [0.1, 0.15) is 0 Å². The molecule has 0 bridgehead atoms. The van der Waals surface area contributed by atoms with Crippen molar-refractivity contribution in [3.8, 4) is 0 Å². The van der Waals surface area contributed by atoms with E-state index in [0.29, 0.717) is 6.61 Å². The van der Waals surface area contributed by atoms with E-state index in [2.05, 4.69) is 0 Å². The molecule has 2 unspecified atom stereocenters. The molecule has 1 saturated carbocycles. The van der Waals surface area contributed by atoms with Crippen LogP contribution in [0.3, 0.4) is 0 Å².